The molecule has 0 aromatic heterocycles. The smallest absolute Gasteiger partial charge is 0.325 e. The van der Waals surface area contributed by atoms with E-state index in [1.807, 2.05) is 0 Å². The maximum atomic E-state index is 11.8. The standard InChI is InChI=1S/C10H11Cl2N3O3/c1-13(2)10(16)14(6-11)7-3-4-8(12)9(5-7)15(17)18/h3-5H,6H2,1-2H3. The number of urea groups is 1. The van der Waals surface area contributed by atoms with E-state index in [-0.39, 0.29) is 22.7 Å². The number of rotatable bonds is 3. The summed E-state index contributed by atoms with van der Waals surface area (Å²) < 4.78 is 0. The minimum Gasteiger partial charge on any atom is -0.330 e. The highest BCUT2D eigenvalue weighted by atomic mass is 35.5. The van der Waals surface area contributed by atoms with Gasteiger partial charge in [-0.1, -0.05) is 11.6 Å². The topological polar surface area (TPSA) is 66.7 Å². The third-order valence-corrected chi connectivity index (χ3v) is 2.73. The average molecular weight is 292 g/mol. The third-order valence-electron chi connectivity index (χ3n) is 2.17. The zero-order valence-electron chi connectivity index (χ0n) is 9.76. The fourth-order valence-corrected chi connectivity index (χ4v) is 1.71. The van der Waals surface area contributed by atoms with E-state index in [0.29, 0.717) is 5.69 Å². The van der Waals surface area contributed by atoms with Crippen molar-refractivity contribution in [2.75, 3.05) is 25.0 Å². The first-order chi connectivity index (χ1) is 8.38. The molecule has 0 aliphatic rings. The van der Waals surface area contributed by atoms with Crippen molar-refractivity contribution in [1.82, 2.24) is 4.90 Å². The molecule has 0 atom stereocenters. The number of nitrogens with zero attached hydrogens (tertiary/aromatic N) is 3. The van der Waals surface area contributed by atoms with Crippen LogP contribution >= 0.6 is 23.2 Å². The maximum absolute atomic E-state index is 11.8. The fourth-order valence-electron chi connectivity index (χ4n) is 1.28. The first-order valence-electron chi connectivity index (χ1n) is 4.87. The quantitative estimate of drug-likeness (QED) is 0.372. The van der Waals surface area contributed by atoms with E-state index >= 15 is 0 Å². The molecule has 0 aliphatic carbocycles. The van der Waals surface area contributed by atoms with Gasteiger partial charge in [0.25, 0.3) is 5.69 Å². The van der Waals surface area contributed by atoms with E-state index in [4.69, 9.17) is 23.2 Å². The van der Waals surface area contributed by atoms with Crippen molar-refractivity contribution in [1.29, 1.82) is 0 Å². The Labute approximate surface area is 114 Å². The van der Waals surface area contributed by atoms with E-state index in [1.54, 1.807) is 14.1 Å². The van der Waals surface area contributed by atoms with Gasteiger partial charge in [0, 0.05) is 20.2 Å². The van der Waals surface area contributed by atoms with Gasteiger partial charge in [-0.05, 0) is 12.1 Å². The molecule has 1 rings (SSSR count). The summed E-state index contributed by atoms with van der Waals surface area (Å²) in [5.41, 5.74) is 0.0515. The zero-order valence-corrected chi connectivity index (χ0v) is 11.3. The largest absolute Gasteiger partial charge is 0.330 e. The summed E-state index contributed by atoms with van der Waals surface area (Å²) in [5, 5.41) is 10.8. The second kappa shape index (κ2) is 5.88. The molecule has 98 valence electrons. The summed E-state index contributed by atoms with van der Waals surface area (Å²) in [4.78, 5) is 24.5. The van der Waals surface area contributed by atoms with Gasteiger partial charge < -0.3 is 4.90 Å². The van der Waals surface area contributed by atoms with Crippen LogP contribution in [-0.4, -0.2) is 36.0 Å². The number of carbonyl (C=O) groups excluding carboxylic acids is 1. The number of nitro benzene ring substituents is 1. The van der Waals surface area contributed by atoms with Crippen LogP contribution in [0.3, 0.4) is 0 Å². The molecule has 1 aromatic rings. The molecule has 0 saturated carbocycles. The number of nitro groups is 1. The number of hydrogen-bond acceptors (Lipinski definition) is 3. The summed E-state index contributed by atoms with van der Waals surface area (Å²) in [7, 11) is 3.12. The van der Waals surface area contributed by atoms with Crippen molar-refractivity contribution in [3.05, 3.63) is 33.3 Å². The number of anilines is 1. The monoisotopic (exact) mass is 291 g/mol. The van der Waals surface area contributed by atoms with Crippen LogP contribution in [0.2, 0.25) is 5.02 Å². The predicted molar refractivity (Wildman–Crippen MR) is 70.4 cm³/mol. The second-order valence-electron chi connectivity index (χ2n) is 3.62. The molecule has 0 fully saturated rings. The van der Waals surface area contributed by atoms with Gasteiger partial charge >= 0.3 is 6.03 Å². The van der Waals surface area contributed by atoms with Crippen molar-refractivity contribution in [2.24, 2.45) is 0 Å². The lowest BCUT2D eigenvalue weighted by molar-refractivity contribution is -0.384. The van der Waals surface area contributed by atoms with Gasteiger partial charge in [0.1, 0.15) is 11.0 Å². The Hall–Kier alpha value is -1.53. The number of carbonyl (C=O) groups is 1. The molecule has 0 unspecified atom stereocenters. The molecule has 0 saturated heterocycles. The van der Waals surface area contributed by atoms with Gasteiger partial charge in [-0.3, -0.25) is 15.0 Å². The molecule has 6 nitrogen and oxygen atoms in total. The number of hydrogen-bond donors (Lipinski definition) is 0. The van der Waals surface area contributed by atoms with Crippen LogP contribution in [0.1, 0.15) is 0 Å². The molecular formula is C10H11Cl2N3O3. The molecule has 0 N–H and O–H groups in total. The molecule has 1 aromatic carbocycles. The van der Waals surface area contributed by atoms with Gasteiger partial charge in [-0.25, -0.2) is 4.79 Å². The average Bonchev–Trinajstić information content (AvgIpc) is 2.31. The molecule has 2 amide bonds. The Balaban J connectivity index is 3.19. The molecule has 0 aliphatic heterocycles. The summed E-state index contributed by atoms with van der Waals surface area (Å²) in [6.07, 6.45) is 0. The highest BCUT2D eigenvalue weighted by molar-refractivity contribution is 6.32. The van der Waals surface area contributed by atoms with Crippen molar-refractivity contribution >= 4 is 40.6 Å². The summed E-state index contributed by atoms with van der Waals surface area (Å²) in [5.74, 6) is 0. The minimum atomic E-state index is -0.613. The molecule has 0 radical (unpaired) electrons. The van der Waals surface area contributed by atoms with Crippen LogP contribution < -0.4 is 4.90 Å². The van der Waals surface area contributed by atoms with Gasteiger partial charge in [-0.15, -0.1) is 11.6 Å². The number of alkyl halides is 1. The van der Waals surface area contributed by atoms with E-state index in [0.717, 1.165) is 0 Å². The van der Waals surface area contributed by atoms with Crippen LogP contribution in [0.4, 0.5) is 16.2 Å². The van der Waals surface area contributed by atoms with Crippen LogP contribution in [0.25, 0.3) is 0 Å². The maximum Gasteiger partial charge on any atom is 0.325 e. The Bertz CT molecular complexity index is 479. The molecule has 0 spiro atoms. The van der Waals surface area contributed by atoms with Crippen LogP contribution in [-0.2, 0) is 0 Å². The predicted octanol–water partition coefficient (Wildman–Crippen LogP) is 2.93. The highest BCUT2D eigenvalue weighted by Gasteiger charge is 2.20. The van der Waals surface area contributed by atoms with Gasteiger partial charge in [0.15, 0.2) is 0 Å². The SMILES string of the molecule is CN(C)C(=O)N(CCl)c1ccc(Cl)c([N+](=O)[O-])c1. The Morgan fingerprint density at radius 3 is 2.50 bits per heavy atom. The van der Waals surface area contributed by atoms with Crippen molar-refractivity contribution in [3.63, 3.8) is 0 Å². The van der Waals surface area contributed by atoms with Crippen molar-refractivity contribution in [3.8, 4) is 0 Å². The molecule has 18 heavy (non-hydrogen) atoms. The summed E-state index contributed by atoms with van der Waals surface area (Å²) in [6, 6.07) is 3.58. The van der Waals surface area contributed by atoms with Crippen LogP contribution in [0, 0.1) is 10.1 Å². The first-order valence-corrected chi connectivity index (χ1v) is 5.78. The molecule has 0 heterocycles. The number of benzene rings is 1. The van der Waals surface area contributed by atoms with Crippen molar-refractivity contribution < 1.29 is 9.72 Å². The number of amides is 2. The Morgan fingerprint density at radius 1 is 1.44 bits per heavy atom. The van der Waals surface area contributed by atoms with E-state index in [2.05, 4.69) is 0 Å². The molecular weight excluding hydrogens is 281 g/mol. The first kappa shape index (κ1) is 14.5. The normalized spacial score (nSPS) is 10.0. The summed E-state index contributed by atoms with van der Waals surface area (Å²) >= 11 is 11.4. The highest BCUT2D eigenvalue weighted by Crippen LogP contribution is 2.29. The lowest BCUT2D eigenvalue weighted by Crippen LogP contribution is -2.38. The Morgan fingerprint density at radius 2 is 2.06 bits per heavy atom. The molecule has 0 bridgehead atoms. The number of halogens is 2. The molecule has 8 heteroatoms. The van der Waals surface area contributed by atoms with Crippen molar-refractivity contribution in [2.45, 2.75) is 0 Å². The zero-order chi connectivity index (χ0) is 13.9. The lowest BCUT2D eigenvalue weighted by Gasteiger charge is -2.23. The van der Waals surface area contributed by atoms with Gasteiger partial charge in [0.05, 0.1) is 10.6 Å². The van der Waals surface area contributed by atoms with E-state index in [9.17, 15) is 14.9 Å². The van der Waals surface area contributed by atoms with Crippen LogP contribution in [0.5, 0.6) is 0 Å². The van der Waals surface area contributed by atoms with Crippen LogP contribution in [0.15, 0.2) is 18.2 Å². The van der Waals surface area contributed by atoms with Gasteiger partial charge in [0.2, 0.25) is 0 Å². The van der Waals surface area contributed by atoms with E-state index < -0.39 is 4.92 Å². The van der Waals surface area contributed by atoms with E-state index in [1.165, 1.54) is 28.0 Å². The summed E-state index contributed by atoms with van der Waals surface area (Å²) in [6.45, 7) is 0. The minimum absolute atomic E-state index is 0.00979. The van der Waals surface area contributed by atoms with Gasteiger partial charge in [-0.2, -0.15) is 0 Å². The third kappa shape index (κ3) is 3.02. The lowest BCUT2D eigenvalue weighted by atomic mass is 10.2. The Kier molecular flexibility index (Phi) is 4.75. The fraction of sp³-hybridized carbons (Fsp3) is 0.300. The second-order valence-corrected chi connectivity index (χ2v) is 4.26.